The summed E-state index contributed by atoms with van der Waals surface area (Å²) in [5, 5.41) is 10.7. The van der Waals surface area contributed by atoms with E-state index in [1.54, 1.807) is 18.2 Å². The quantitative estimate of drug-likeness (QED) is 0.320. The average molecular weight is 526 g/mol. The monoisotopic (exact) mass is 525 g/mol. The van der Waals surface area contributed by atoms with Crippen molar-refractivity contribution in [2.75, 3.05) is 13.2 Å². The van der Waals surface area contributed by atoms with Gasteiger partial charge < -0.3 is 19.1 Å². The third kappa shape index (κ3) is 4.19. The van der Waals surface area contributed by atoms with Crippen LogP contribution in [0.3, 0.4) is 0 Å². The molecule has 198 valence electrons. The summed E-state index contributed by atoms with van der Waals surface area (Å²) in [5.41, 5.74) is 6.85. The van der Waals surface area contributed by atoms with Gasteiger partial charge in [-0.2, -0.15) is 0 Å². The number of fused-ring (bicyclic) bond motifs is 2. The fraction of sp³-hybridized carbons (Fsp3) is 0.323. The summed E-state index contributed by atoms with van der Waals surface area (Å²) in [5.74, 6) is -0.859. The van der Waals surface area contributed by atoms with E-state index in [0.717, 1.165) is 76.6 Å². The maximum atomic E-state index is 14.0. The number of benzene rings is 2. The van der Waals surface area contributed by atoms with Gasteiger partial charge in [0.15, 0.2) is 5.69 Å². The molecule has 2 fully saturated rings. The molecular formula is C31H28FN3O4. The maximum Gasteiger partial charge on any atom is 0.354 e. The third-order valence-corrected chi connectivity index (χ3v) is 8.13. The second kappa shape index (κ2) is 9.61. The van der Waals surface area contributed by atoms with Crippen LogP contribution in [0.15, 0.2) is 53.5 Å². The highest BCUT2D eigenvalue weighted by Gasteiger charge is 2.32. The van der Waals surface area contributed by atoms with Gasteiger partial charge in [0.05, 0.1) is 12.1 Å². The topological polar surface area (TPSA) is 85.9 Å². The minimum atomic E-state index is -1.09. The van der Waals surface area contributed by atoms with Gasteiger partial charge in [0.1, 0.15) is 11.9 Å². The van der Waals surface area contributed by atoms with E-state index < -0.39 is 5.97 Å². The SMILES string of the molecule is O=C(O)c1ccc(-c2c(C3CCOCC3)n(-c3ccc(F)cc3)c3cc4c(cc23)CN=C4)c(OC2CCC2)n1. The van der Waals surface area contributed by atoms with Crippen LogP contribution in [-0.2, 0) is 11.3 Å². The van der Waals surface area contributed by atoms with E-state index in [-0.39, 0.29) is 23.5 Å². The Hall–Kier alpha value is -4.04. The lowest BCUT2D eigenvalue weighted by Gasteiger charge is -2.28. The number of halogens is 1. The van der Waals surface area contributed by atoms with Crippen molar-refractivity contribution in [1.29, 1.82) is 0 Å². The van der Waals surface area contributed by atoms with Gasteiger partial charge in [-0.05, 0) is 91.8 Å². The molecule has 4 heterocycles. The van der Waals surface area contributed by atoms with Crippen molar-refractivity contribution in [3.8, 4) is 22.7 Å². The Morgan fingerprint density at radius 2 is 1.85 bits per heavy atom. The molecule has 7 nitrogen and oxygen atoms in total. The van der Waals surface area contributed by atoms with Crippen LogP contribution in [0.2, 0.25) is 0 Å². The van der Waals surface area contributed by atoms with Gasteiger partial charge in [0, 0.05) is 53.2 Å². The molecule has 0 amide bonds. The first-order valence-electron chi connectivity index (χ1n) is 13.5. The van der Waals surface area contributed by atoms with Crippen molar-refractivity contribution < 1.29 is 23.8 Å². The fourth-order valence-corrected chi connectivity index (χ4v) is 5.91. The van der Waals surface area contributed by atoms with E-state index in [4.69, 9.17) is 9.47 Å². The number of carbonyl (C=O) groups is 1. The van der Waals surface area contributed by atoms with Crippen molar-refractivity contribution in [3.63, 3.8) is 0 Å². The Morgan fingerprint density at radius 3 is 2.56 bits per heavy atom. The van der Waals surface area contributed by atoms with Crippen LogP contribution in [-0.4, -0.2) is 46.2 Å². The van der Waals surface area contributed by atoms with E-state index in [9.17, 15) is 14.3 Å². The number of ether oxygens (including phenoxy) is 2. The summed E-state index contributed by atoms with van der Waals surface area (Å²) in [4.78, 5) is 20.8. The molecule has 0 atom stereocenters. The van der Waals surface area contributed by atoms with E-state index in [1.807, 2.05) is 12.3 Å². The van der Waals surface area contributed by atoms with Crippen molar-refractivity contribution in [2.45, 2.75) is 50.7 Å². The molecule has 2 aromatic carbocycles. The van der Waals surface area contributed by atoms with Crippen molar-refractivity contribution in [1.82, 2.24) is 9.55 Å². The normalized spacial score (nSPS) is 17.4. The smallest absolute Gasteiger partial charge is 0.354 e. The third-order valence-electron chi connectivity index (χ3n) is 8.13. The second-order valence-corrected chi connectivity index (χ2v) is 10.5. The first-order chi connectivity index (χ1) is 19.1. The second-order valence-electron chi connectivity index (χ2n) is 10.5. The molecule has 7 rings (SSSR count). The van der Waals surface area contributed by atoms with Crippen molar-refractivity contribution in [2.24, 2.45) is 4.99 Å². The molecule has 0 bridgehead atoms. The van der Waals surface area contributed by atoms with Gasteiger partial charge in [0.2, 0.25) is 5.88 Å². The van der Waals surface area contributed by atoms with Crippen LogP contribution in [0.4, 0.5) is 4.39 Å². The molecule has 3 aliphatic rings. The van der Waals surface area contributed by atoms with Crippen molar-refractivity contribution >= 4 is 23.1 Å². The van der Waals surface area contributed by atoms with Gasteiger partial charge in [-0.15, -0.1) is 0 Å². The average Bonchev–Trinajstić information content (AvgIpc) is 3.52. The van der Waals surface area contributed by atoms with Crippen LogP contribution < -0.4 is 4.74 Å². The molecule has 8 heteroatoms. The van der Waals surface area contributed by atoms with E-state index in [1.165, 1.54) is 12.1 Å². The van der Waals surface area contributed by atoms with Crippen molar-refractivity contribution in [3.05, 3.63) is 76.9 Å². The van der Waals surface area contributed by atoms with Gasteiger partial charge in [-0.1, -0.05) is 0 Å². The highest BCUT2D eigenvalue weighted by Crippen LogP contribution is 2.47. The molecule has 0 unspecified atom stereocenters. The van der Waals surface area contributed by atoms with E-state index >= 15 is 0 Å². The molecule has 2 aliphatic heterocycles. The molecule has 1 N–H and O–H groups in total. The molecule has 1 aliphatic carbocycles. The summed E-state index contributed by atoms with van der Waals surface area (Å²) >= 11 is 0. The summed E-state index contributed by atoms with van der Waals surface area (Å²) in [6.07, 6.45) is 6.53. The number of carboxylic acid groups (broad SMARTS) is 1. The summed E-state index contributed by atoms with van der Waals surface area (Å²) < 4.78 is 28.3. The Balaban J connectivity index is 1.55. The minimum Gasteiger partial charge on any atom is -0.477 e. The number of aromatic carboxylic acids is 1. The Labute approximate surface area is 224 Å². The Kier molecular flexibility index (Phi) is 5.92. The van der Waals surface area contributed by atoms with Gasteiger partial charge >= 0.3 is 5.97 Å². The summed E-state index contributed by atoms with van der Waals surface area (Å²) in [6, 6.07) is 14.3. The number of rotatable bonds is 6. The number of aliphatic imine (C=N–C) groups is 1. The first-order valence-corrected chi connectivity index (χ1v) is 13.5. The zero-order chi connectivity index (χ0) is 26.5. The fourth-order valence-electron chi connectivity index (χ4n) is 5.91. The Bertz CT molecular complexity index is 1620. The molecular weight excluding hydrogens is 497 g/mol. The predicted octanol–water partition coefficient (Wildman–Crippen LogP) is 6.29. The standard InChI is InChI=1S/C31H28FN3O4/c32-21-4-6-22(7-5-21)35-27-15-20-17-33-16-19(20)14-25(27)28(29(35)18-10-12-38-13-11-18)24-8-9-26(31(36)37)34-30(24)39-23-2-1-3-23/h4-9,14-15,17-18,23H,1-3,10-13,16H2,(H,36,37). The molecule has 39 heavy (non-hydrogen) atoms. The molecule has 2 aromatic heterocycles. The highest BCUT2D eigenvalue weighted by molar-refractivity contribution is 6.04. The minimum absolute atomic E-state index is 0.0231. The molecule has 0 spiro atoms. The van der Waals surface area contributed by atoms with Gasteiger partial charge in [0.25, 0.3) is 0 Å². The zero-order valence-corrected chi connectivity index (χ0v) is 21.4. The maximum absolute atomic E-state index is 14.0. The number of carboxylic acids is 1. The van der Waals surface area contributed by atoms with Gasteiger partial charge in [-0.3, -0.25) is 4.99 Å². The number of hydrogen-bond acceptors (Lipinski definition) is 5. The lowest BCUT2D eigenvalue weighted by atomic mass is 9.89. The molecule has 0 radical (unpaired) electrons. The van der Waals surface area contributed by atoms with Crippen LogP contribution in [0.5, 0.6) is 5.88 Å². The van der Waals surface area contributed by atoms with Gasteiger partial charge in [-0.25, -0.2) is 14.2 Å². The van der Waals surface area contributed by atoms with E-state index in [2.05, 4.69) is 26.7 Å². The number of hydrogen-bond donors (Lipinski definition) is 1. The molecule has 1 saturated heterocycles. The summed E-state index contributed by atoms with van der Waals surface area (Å²) in [6.45, 7) is 1.92. The first kappa shape index (κ1) is 24.0. The zero-order valence-electron chi connectivity index (χ0n) is 21.4. The molecule has 1 saturated carbocycles. The van der Waals surface area contributed by atoms with Crippen LogP contribution in [0.1, 0.15) is 65.3 Å². The lowest BCUT2D eigenvalue weighted by Crippen LogP contribution is -2.25. The largest absolute Gasteiger partial charge is 0.477 e. The number of aromatic nitrogens is 2. The van der Waals surface area contributed by atoms with Crippen LogP contribution in [0, 0.1) is 5.82 Å². The van der Waals surface area contributed by atoms with E-state index in [0.29, 0.717) is 25.6 Å². The molecule has 4 aromatic rings. The number of pyridine rings is 1. The number of nitrogens with zero attached hydrogens (tertiary/aromatic N) is 3. The van der Waals surface area contributed by atoms with Crippen LogP contribution >= 0.6 is 0 Å². The Morgan fingerprint density at radius 1 is 1.05 bits per heavy atom. The van der Waals surface area contributed by atoms with Crippen LogP contribution in [0.25, 0.3) is 27.7 Å². The lowest BCUT2D eigenvalue weighted by molar-refractivity contribution is 0.0685. The predicted molar refractivity (Wildman–Crippen MR) is 146 cm³/mol. The highest BCUT2D eigenvalue weighted by atomic mass is 19.1. The summed E-state index contributed by atoms with van der Waals surface area (Å²) in [7, 11) is 0.